The second-order valence-electron chi connectivity index (χ2n) is 6.76. The van der Waals surface area contributed by atoms with Gasteiger partial charge in [-0.3, -0.25) is 0 Å². The second kappa shape index (κ2) is 8.06. The van der Waals surface area contributed by atoms with Crippen LogP contribution < -0.4 is 5.32 Å². The van der Waals surface area contributed by atoms with Crippen LogP contribution in [0.15, 0.2) is 0 Å². The van der Waals surface area contributed by atoms with Gasteiger partial charge >= 0.3 is 0 Å². The molecule has 1 N–H and O–H groups in total. The quantitative estimate of drug-likeness (QED) is 0.667. The maximum atomic E-state index is 5.52. The van der Waals surface area contributed by atoms with Gasteiger partial charge in [0.2, 0.25) is 0 Å². The highest BCUT2D eigenvalue weighted by Gasteiger charge is 2.09. The highest BCUT2D eigenvalue weighted by Crippen LogP contribution is 2.12. The Hall–Kier alpha value is -0.120. The Balaban J connectivity index is 3.15. The molecule has 0 aromatic rings. The maximum absolute atomic E-state index is 5.52. The lowest BCUT2D eigenvalue weighted by molar-refractivity contribution is 0.0188. The van der Waals surface area contributed by atoms with Crippen LogP contribution in [-0.2, 0) is 9.47 Å². The van der Waals surface area contributed by atoms with Crippen molar-refractivity contribution in [3.05, 3.63) is 0 Å². The van der Waals surface area contributed by atoms with E-state index in [1.807, 2.05) is 0 Å². The third-order valence-corrected chi connectivity index (χ3v) is 2.03. The van der Waals surface area contributed by atoms with Gasteiger partial charge in [-0.2, -0.15) is 0 Å². The molecule has 0 bridgehead atoms. The predicted octanol–water partition coefficient (Wildman–Crippen LogP) is 2.84. The molecule has 0 unspecified atom stereocenters. The van der Waals surface area contributed by atoms with Crippen LogP contribution in [0.25, 0.3) is 0 Å². The Morgan fingerprint density at radius 3 is 1.94 bits per heavy atom. The molecule has 3 nitrogen and oxygen atoms in total. The number of rotatable bonds is 8. The van der Waals surface area contributed by atoms with Crippen molar-refractivity contribution in [2.75, 3.05) is 33.0 Å². The van der Waals surface area contributed by atoms with Crippen molar-refractivity contribution in [2.24, 2.45) is 5.41 Å². The molecule has 0 amide bonds. The van der Waals surface area contributed by atoms with Crippen LogP contribution in [0.4, 0.5) is 0 Å². The molecular weight excluding hydrogens is 214 g/mol. The van der Waals surface area contributed by atoms with Crippen LogP contribution in [-0.4, -0.2) is 38.5 Å². The van der Waals surface area contributed by atoms with E-state index in [4.69, 9.17) is 9.47 Å². The first-order valence-electron chi connectivity index (χ1n) is 6.61. The summed E-state index contributed by atoms with van der Waals surface area (Å²) in [4.78, 5) is 0. The van der Waals surface area contributed by atoms with Crippen LogP contribution in [0.1, 0.15) is 48.0 Å². The van der Waals surface area contributed by atoms with Gasteiger partial charge in [-0.1, -0.05) is 20.8 Å². The Bertz CT molecular complexity index is 160. The van der Waals surface area contributed by atoms with E-state index >= 15 is 0 Å². The number of ether oxygens (including phenoxy) is 2. The standard InChI is InChI=1S/C14H31NO2/c1-13(2,3)12-17-11-10-16-9-7-8-15-14(4,5)6/h15H,7-12H2,1-6H3. The molecule has 0 saturated heterocycles. The van der Waals surface area contributed by atoms with Crippen LogP contribution in [0.5, 0.6) is 0 Å². The number of hydrogen-bond acceptors (Lipinski definition) is 3. The minimum absolute atomic E-state index is 0.204. The Kier molecular flexibility index (Phi) is 8.01. The molecule has 0 radical (unpaired) electrons. The fourth-order valence-electron chi connectivity index (χ4n) is 1.24. The van der Waals surface area contributed by atoms with Crippen LogP contribution >= 0.6 is 0 Å². The zero-order valence-electron chi connectivity index (χ0n) is 12.6. The van der Waals surface area contributed by atoms with Crippen molar-refractivity contribution in [3.8, 4) is 0 Å². The lowest BCUT2D eigenvalue weighted by Crippen LogP contribution is -2.36. The van der Waals surface area contributed by atoms with Gasteiger partial charge in [0.1, 0.15) is 0 Å². The molecule has 0 fully saturated rings. The van der Waals surface area contributed by atoms with E-state index in [1.165, 1.54) is 0 Å². The van der Waals surface area contributed by atoms with Gasteiger partial charge in [0.15, 0.2) is 0 Å². The van der Waals surface area contributed by atoms with E-state index in [-0.39, 0.29) is 11.0 Å². The molecule has 0 aromatic heterocycles. The average Bonchev–Trinajstić information content (AvgIpc) is 2.11. The summed E-state index contributed by atoms with van der Waals surface area (Å²) in [5.74, 6) is 0. The summed E-state index contributed by atoms with van der Waals surface area (Å²) in [5.41, 5.74) is 0.451. The Morgan fingerprint density at radius 1 is 0.824 bits per heavy atom. The van der Waals surface area contributed by atoms with E-state index in [0.717, 1.165) is 26.2 Å². The molecule has 0 atom stereocenters. The van der Waals surface area contributed by atoms with Gasteiger partial charge in [-0.25, -0.2) is 0 Å². The van der Waals surface area contributed by atoms with Crippen LogP contribution in [0.2, 0.25) is 0 Å². The minimum atomic E-state index is 0.204. The fraction of sp³-hybridized carbons (Fsp3) is 1.00. The van der Waals surface area contributed by atoms with Crippen LogP contribution in [0, 0.1) is 5.41 Å². The third kappa shape index (κ3) is 15.9. The highest BCUT2D eigenvalue weighted by molar-refractivity contribution is 4.69. The molecule has 0 aliphatic rings. The van der Waals surface area contributed by atoms with Gasteiger partial charge in [0.05, 0.1) is 19.8 Å². The summed E-state index contributed by atoms with van der Waals surface area (Å²) in [6.07, 6.45) is 1.05. The molecule has 0 aliphatic heterocycles. The molecule has 0 aromatic carbocycles. The number of hydrogen-bond donors (Lipinski definition) is 1. The topological polar surface area (TPSA) is 30.5 Å². The smallest absolute Gasteiger partial charge is 0.0700 e. The fourth-order valence-corrected chi connectivity index (χ4v) is 1.24. The molecule has 0 heterocycles. The van der Waals surface area contributed by atoms with Gasteiger partial charge in [0, 0.05) is 12.1 Å². The summed E-state index contributed by atoms with van der Waals surface area (Å²) in [6.45, 7) is 17.0. The molecule has 0 rings (SSSR count). The summed E-state index contributed by atoms with van der Waals surface area (Å²) >= 11 is 0. The first-order chi connectivity index (χ1) is 7.71. The molecule has 17 heavy (non-hydrogen) atoms. The normalized spacial score (nSPS) is 13.1. The van der Waals surface area contributed by atoms with Gasteiger partial charge in [0.25, 0.3) is 0 Å². The highest BCUT2D eigenvalue weighted by atomic mass is 16.5. The van der Waals surface area contributed by atoms with E-state index in [2.05, 4.69) is 46.9 Å². The first kappa shape index (κ1) is 16.9. The van der Waals surface area contributed by atoms with Gasteiger partial charge in [-0.15, -0.1) is 0 Å². The zero-order valence-corrected chi connectivity index (χ0v) is 12.6. The van der Waals surface area contributed by atoms with Crippen LogP contribution in [0.3, 0.4) is 0 Å². The molecule has 0 aliphatic carbocycles. The molecule has 104 valence electrons. The lowest BCUT2D eigenvalue weighted by Gasteiger charge is -2.20. The monoisotopic (exact) mass is 245 g/mol. The lowest BCUT2D eigenvalue weighted by atomic mass is 9.99. The van der Waals surface area contributed by atoms with Crippen molar-refractivity contribution in [1.82, 2.24) is 5.32 Å². The van der Waals surface area contributed by atoms with Crippen molar-refractivity contribution >= 4 is 0 Å². The zero-order chi connectivity index (χ0) is 13.4. The summed E-state index contributed by atoms with van der Waals surface area (Å²) in [6, 6.07) is 0. The molecular formula is C14H31NO2. The van der Waals surface area contributed by atoms with E-state index in [1.54, 1.807) is 0 Å². The van der Waals surface area contributed by atoms with Crippen molar-refractivity contribution in [3.63, 3.8) is 0 Å². The molecule has 3 heteroatoms. The van der Waals surface area contributed by atoms with Crippen molar-refractivity contribution in [2.45, 2.75) is 53.5 Å². The first-order valence-corrected chi connectivity index (χ1v) is 6.61. The summed E-state index contributed by atoms with van der Waals surface area (Å²) < 4.78 is 11.0. The maximum Gasteiger partial charge on any atom is 0.0700 e. The van der Waals surface area contributed by atoms with E-state index in [9.17, 15) is 0 Å². The predicted molar refractivity (Wildman–Crippen MR) is 73.5 cm³/mol. The van der Waals surface area contributed by atoms with E-state index in [0.29, 0.717) is 13.2 Å². The van der Waals surface area contributed by atoms with E-state index < -0.39 is 0 Å². The number of nitrogens with one attached hydrogen (secondary N) is 1. The second-order valence-corrected chi connectivity index (χ2v) is 6.76. The minimum Gasteiger partial charge on any atom is -0.379 e. The summed E-state index contributed by atoms with van der Waals surface area (Å²) in [5, 5.41) is 3.43. The summed E-state index contributed by atoms with van der Waals surface area (Å²) in [7, 11) is 0. The van der Waals surface area contributed by atoms with Gasteiger partial charge < -0.3 is 14.8 Å². The van der Waals surface area contributed by atoms with Crippen molar-refractivity contribution in [1.29, 1.82) is 0 Å². The Morgan fingerprint density at radius 2 is 1.41 bits per heavy atom. The van der Waals surface area contributed by atoms with Gasteiger partial charge in [-0.05, 0) is 39.2 Å². The molecule has 0 saturated carbocycles. The van der Waals surface area contributed by atoms with Crippen molar-refractivity contribution < 1.29 is 9.47 Å². The third-order valence-electron chi connectivity index (χ3n) is 2.03. The molecule has 0 spiro atoms. The average molecular weight is 245 g/mol. The SMILES string of the molecule is CC(C)(C)COCCOCCCNC(C)(C)C. The Labute approximate surface area is 107 Å². The largest absolute Gasteiger partial charge is 0.379 e.